The molecule has 0 aliphatic heterocycles. The maximum absolute atomic E-state index is 12.0. The average molecular weight is 290 g/mol. The zero-order valence-electron chi connectivity index (χ0n) is 14.1. The van der Waals surface area contributed by atoms with Crippen LogP contribution >= 0.6 is 0 Å². The molecule has 1 atom stereocenters. The molecule has 1 rings (SSSR count). The van der Waals surface area contributed by atoms with Gasteiger partial charge in [-0.05, 0) is 58.2 Å². The van der Waals surface area contributed by atoms with Crippen LogP contribution in [0.4, 0.5) is 5.69 Å². The molecule has 0 bridgehead atoms. The van der Waals surface area contributed by atoms with E-state index < -0.39 is 0 Å². The van der Waals surface area contributed by atoms with E-state index in [4.69, 9.17) is 0 Å². The van der Waals surface area contributed by atoms with Crippen molar-refractivity contribution in [2.24, 2.45) is 0 Å². The second kappa shape index (κ2) is 8.06. The van der Waals surface area contributed by atoms with Crippen LogP contribution < -0.4 is 10.6 Å². The Balaban J connectivity index is 2.49. The van der Waals surface area contributed by atoms with E-state index in [2.05, 4.69) is 41.8 Å². The van der Waals surface area contributed by atoms with Crippen molar-refractivity contribution in [3.63, 3.8) is 0 Å². The minimum Gasteiger partial charge on any atom is -0.374 e. The lowest BCUT2D eigenvalue weighted by Crippen LogP contribution is -2.47. The van der Waals surface area contributed by atoms with Gasteiger partial charge in [0.05, 0.1) is 0 Å². The van der Waals surface area contributed by atoms with Crippen molar-refractivity contribution in [1.82, 2.24) is 5.32 Å². The summed E-state index contributed by atoms with van der Waals surface area (Å²) in [5.74, 6) is 0.0227. The summed E-state index contributed by atoms with van der Waals surface area (Å²) in [5.41, 5.74) is 2.16. The molecule has 3 heteroatoms. The number of aryl methyl sites for hydroxylation is 1. The maximum atomic E-state index is 12.0. The standard InChI is InChI=1S/C18H30N2O/c1-6-7-8-9-15-10-12-16(13-11-15)19-14(2)17(21)20-18(3,4)5/h10-14,19H,6-9H2,1-5H3,(H,20,21). The molecule has 0 saturated carbocycles. The Hall–Kier alpha value is -1.51. The molecule has 0 saturated heterocycles. The van der Waals surface area contributed by atoms with Gasteiger partial charge in [0.25, 0.3) is 0 Å². The molecule has 1 unspecified atom stereocenters. The van der Waals surface area contributed by atoms with Crippen LogP contribution in [-0.4, -0.2) is 17.5 Å². The summed E-state index contributed by atoms with van der Waals surface area (Å²) < 4.78 is 0. The molecule has 0 heterocycles. The molecule has 0 aliphatic carbocycles. The lowest BCUT2D eigenvalue weighted by Gasteiger charge is -2.24. The molecule has 1 aromatic carbocycles. The second-order valence-corrected chi connectivity index (χ2v) is 6.76. The molecule has 0 radical (unpaired) electrons. The number of benzene rings is 1. The summed E-state index contributed by atoms with van der Waals surface area (Å²) >= 11 is 0. The smallest absolute Gasteiger partial charge is 0.242 e. The number of rotatable bonds is 7. The van der Waals surface area contributed by atoms with E-state index in [1.165, 1.54) is 24.8 Å². The van der Waals surface area contributed by atoms with Gasteiger partial charge in [-0.1, -0.05) is 31.9 Å². The summed E-state index contributed by atoms with van der Waals surface area (Å²) in [6.07, 6.45) is 4.91. The predicted octanol–water partition coefficient (Wildman–Crippen LogP) is 4.13. The number of hydrogen-bond donors (Lipinski definition) is 2. The van der Waals surface area contributed by atoms with E-state index in [0.29, 0.717) is 0 Å². The van der Waals surface area contributed by atoms with Gasteiger partial charge in [-0.25, -0.2) is 0 Å². The van der Waals surface area contributed by atoms with Crippen LogP contribution in [0.2, 0.25) is 0 Å². The van der Waals surface area contributed by atoms with Gasteiger partial charge < -0.3 is 10.6 Å². The Bertz CT molecular complexity index is 432. The van der Waals surface area contributed by atoms with Crippen molar-refractivity contribution in [3.8, 4) is 0 Å². The molecular formula is C18H30N2O. The summed E-state index contributed by atoms with van der Waals surface area (Å²) in [4.78, 5) is 12.0. The van der Waals surface area contributed by atoms with Crippen molar-refractivity contribution in [3.05, 3.63) is 29.8 Å². The SMILES string of the molecule is CCCCCc1ccc(NC(C)C(=O)NC(C)(C)C)cc1. The van der Waals surface area contributed by atoms with Crippen molar-refractivity contribution in [2.45, 2.75) is 71.9 Å². The minimum atomic E-state index is -0.241. The van der Waals surface area contributed by atoms with E-state index in [1.54, 1.807) is 0 Å². The highest BCUT2D eigenvalue weighted by atomic mass is 16.2. The van der Waals surface area contributed by atoms with Crippen LogP contribution in [0.25, 0.3) is 0 Å². The number of nitrogens with one attached hydrogen (secondary N) is 2. The third-order valence-electron chi connectivity index (χ3n) is 3.30. The van der Waals surface area contributed by atoms with Gasteiger partial charge in [-0.3, -0.25) is 4.79 Å². The van der Waals surface area contributed by atoms with Crippen LogP contribution in [0.5, 0.6) is 0 Å². The van der Waals surface area contributed by atoms with Crippen LogP contribution in [0.15, 0.2) is 24.3 Å². The van der Waals surface area contributed by atoms with Crippen molar-refractivity contribution < 1.29 is 4.79 Å². The van der Waals surface area contributed by atoms with Crippen LogP contribution in [0.1, 0.15) is 59.4 Å². The molecule has 0 spiro atoms. The van der Waals surface area contributed by atoms with Crippen molar-refractivity contribution >= 4 is 11.6 Å². The Labute approximate surface area is 129 Å². The van der Waals surface area contributed by atoms with Gasteiger partial charge in [0, 0.05) is 11.2 Å². The number of carbonyl (C=O) groups excluding carboxylic acids is 1. The first-order valence-corrected chi connectivity index (χ1v) is 7.99. The summed E-state index contributed by atoms with van der Waals surface area (Å²) in [6, 6.07) is 8.17. The highest BCUT2D eigenvalue weighted by molar-refractivity contribution is 5.84. The third-order valence-corrected chi connectivity index (χ3v) is 3.30. The fraction of sp³-hybridized carbons (Fsp3) is 0.611. The van der Waals surface area contributed by atoms with E-state index >= 15 is 0 Å². The van der Waals surface area contributed by atoms with Gasteiger partial charge in [0.2, 0.25) is 5.91 Å². The predicted molar refractivity (Wildman–Crippen MR) is 90.7 cm³/mol. The first-order valence-electron chi connectivity index (χ1n) is 7.99. The number of carbonyl (C=O) groups is 1. The average Bonchev–Trinajstić information content (AvgIpc) is 2.39. The maximum Gasteiger partial charge on any atom is 0.242 e. The largest absolute Gasteiger partial charge is 0.374 e. The zero-order chi connectivity index (χ0) is 15.9. The van der Waals surface area contributed by atoms with Gasteiger partial charge in [-0.2, -0.15) is 0 Å². The minimum absolute atomic E-state index is 0.0227. The third kappa shape index (κ3) is 7.16. The molecule has 0 aliphatic rings. The fourth-order valence-electron chi connectivity index (χ4n) is 2.14. The van der Waals surface area contributed by atoms with Gasteiger partial charge in [-0.15, -0.1) is 0 Å². The number of unbranched alkanes of at least 4 members (excludes halogenated alkanes) is 2. The number of anilines is 1. The highest BCUT2D eigenvalue weighted by Crippen LogP contribution is 2.13. The fourth-order valence-corrected chi connectivity index (χ4v) is 2.14. The van der Waals surface area contributed by atoms with Crippen molar-refractivity contribution in [2.75, 3.05) is 5.32 Å². The summed E-state index contributed by atoms with van der Waals surface area (Å²) in [5, 5.41) is 6.23. The Morgan fingerprint density at radius 3 is 2.29 bits per heavy atom. The molecule has 0 fully saturated rings. The van der Waals surface area contributed by atoms with Crippen LogP contribution in [0.3, 0.4) is 0 Å². The first kappa shape index (κ1) is 17.5. The Morgan fingerprint density at radius 1 is 1.14 bits per heavy atom. The summed E-state index contributed by atoms with van der Waals surface area (Å²) in [6.45, 7) is 10.1. The number of amides is 1. The Morgan fingerprint density at radius 2 is 1.76 bits per heavy atom. The van der Waals surface area contributed by atoms with E-state index in [9.17, 15) is 4.79 Å². The van der Waals surface area contributed by atoms with E-state index in [1.807, 2.05) is 27.7 Å². The molecule has 3 nitrogen and oxygen atoms in total. The molecule has 118 valence electrons. The molecule has 2 N–H and O–H groups in total. The van der Waals surface area contributed by atoms with Gasteiger partial charge >= 0.3 is 0 Å². The van der Waals surface area contributed by atoms with Crippen LogP contribution in [0, 0.1) is 0 Å². The lowest BCUT2D eigenvalue weighted by atomic mass is 10.1. The lowest BCUT2D eigenvalue weighted by molar-refractivity contribution is -0.122. The first-order chi connectivity index (χ1) is 9.81. The molecular weight excluding hydrogens is 260 g/mol. The summed E-state index contributed by atoms with van der Waals surface area (Å²) in [7, 11) is 0. The molecule has 0 aromatic heterocycles. The molecule has 1 aromatic rings. The van der Waals surface area contributed by atoms with Gasteiger partial charge in [0.1, 0.15) is 6.04 Å². The van der Waals surface area contributed by atoms with Crippen molar-refractivity contribution in [1.29, 1.82) is 0 Å². The monoisotopic (exact) mass is 290 g/mol. The molecule has 1 amide bonds. The highest BCUT2D eigenvalue weighted by Gasteiger charge is 2.18. The Kier molecular flexibility index (Phi) is 6.73. The molecule has 21 heavy (non-hydrogen) atoms. The van der Waals surface area contributed by atoms with E-state index in [-0.39, 0.29) is 17.5 Å². The van der Waals surface area contributed by atoms with Crippen LogP contribution in [-0.2, 0) is 11.2 Å². The number of hydrogen-bond acceptors (Lipinski definition) is 2. The zero-order valence-corrected chi connectivity index (χ0v) is 14.1. The normalized spacial score (nSPS) is 12.8. The quantitative estimate of drug-likeness (QED) is 0.741. The van der Waals surface area contributed by atoms with Gasteiger partial charge in [0.15, 0.2) is 0 Å². The van der Waals surface area contributed by atoms with E-state index in [0.717, 1.165) is 12.1 Å². The second-order valence-electron chi connectivity index (χ2n) is 6.76. The topological polar surface area (TPSA) is 41.1 Å².